The van der Waals surface area contributed by atoms with Crippen LogP contribution < -0.4 is 0 Å². The van der Waals surface area contributed by atoms with Gasteiger partial charge in [-0.05, 0) is 133 Å². The third-order valence-electron chi connectivity index (χ3n) is 13.4. The van der Waals surface area contributed by atoms with Crippen molar-refractivity contribution in [3.05, 3.63) is 0 Å². The van der Waals surface area contributed by atoms with E-state index >= 15 is 0 Å². The van der Waals surface area contributed by atoms with Gasteiger partial charge in [0.2, 0.25) is 0 Å². The summed E-state index contributed by atoms with van der Waals surface area (Å²) in [7, 11) is 0. The fourth-order valence-electron chi connectivity index (χ4n) is 11.3. The molecule has 0 aliphatic heterocycles. The lowest BCUT2D eigenvalue weighted by molar-refractivity contribution is -0.218. The van der Waals surface area contributed by atoms with Crippen LogP contribution in [0.1, 0.15) is 126 Å². The molecule has 0 bridgehead atoms. The summed E-state index contributed by atoms with van der Waals surface area (Å²) in [6.45, 7) is 21.2. The molecule has 30 heavy (non-hydrogen) atoms. The Morgan fingerprint density at radius 2 is 1.10 bits per heavy atom. The van der Waals surface area contributed by atoms with Crippen molar-refractivity contribution in [2.75, 3.05) is 0 Å². The molecule has 0 spiro atoms. The first-order chi connectivity index (χ1) is 13.9. The van der Waals surface area contributed by atoms with E-state index in [1.165, 1.54) is 57.8 Å². The highest BCUT2D eigenvalue weighted by Gasteiger charge is 2.68. The lowest BCUT2D eigenvalue weighted by Crippen LogP contribution is -2.63. The molecular formula is C30H52. The fourth-order valence-corrected chi connectivity index (χ4v) is 11.3. The highest BCUT2D eigenvalue weighted by atomic mass is 14.7. The summed E-state index contributed by atoms with van der Waals surface area (Å²) in [5, 5.41) is 0. The smallest absolute Gasteiger partial charge is 0.0238 e. The molecule has 5 aliphatic carbocycles. The van der Waals surface area contributed by atoms with Crippen molar-refractivity contribution < 1.29 is 0 Å². The van der Waals surface area contributed by atoms with E-state index in [1.54, 1.807) is 12.8 Å². The molecule has 0 heterocycles. The SMILES string of the molecule is CC(C)[C@H]1CC[C@H]2[C@H]3CC[C@@H]4[C@@H]5CC(C)(C)CC[C@]5(C)CC[C@@]4(C)[C@]3(C)CC[C@]12C. The van der Waals surface area contributed by atoms with E-state index in [0.29, 0.717) is 27.1 Å². The molecule has 0 unspecified atom stereocenters. The van der Waals surface area contributed by atoms with Crippen molar-refractivity contribution >= 4 is 0 Å². The summed E-state index contributed by atoms with van der Waals surface area (Å²) in [6, 6.07) is 0. The molecule has 0 aromatic carbocycles. The molecule has 0 N–H and O–H groups in total. The predicted octanol–water partition coefficient (Wildman–Crippen LogP) is 9.13. The van der Waals surface area contributed by atoms with Crippen LogP contribution in [0.4, 0.5) is 0 Å². The number of fused-ring (bicyclic) bond motifs is 7. The Hall–Kier alpha value is 0. The summed E-state index contributed by atoms with van der Waals surface area (Å²) < 4.78 is 0. The zero-order valence-corrected chi connectivity index (χ0v) is 21.7. The molecular weight excluding hydrogens is 360 g/mol. The highest BCUT2D eigenvalue weighted by molar-refractivity contribution is 5.17. The second kappa shape index (κ2) is 6.53. The van der Waals surface area contributed by atoms with Gasteiger partial charge in [-0.2, -0.15) is 0 Å². The predicted molar refractivity (Wildman–Crippen MR) is 129 cm³/mol. The van der Waals surface area contributed by atoms with Gasteiger partial charge in [0.25, 0.3) is 0 Å². The summed E-state index contributed by atoms with van der Waals surface area (Å²) in [5.74, 6) is 5.84. The van der Waals surface area contributed by atoms with E-state index in [9.17, 15) is 0 Å². The maximum absolute atomic E-state index is 2.81. The molecule has 0 aromatic rings. The highest BCUT2D eigenvalue weighted by Crippen LogP contribution is 2.76. The van der Waals surface area contributed by atoms with Gasteiger partial charge >= 0.3 is 0 Å². The minimum Gasteiger partial charge on any atom is -0.0625 e. The van der Waals surface area contributed by atoms with E-state index in [4.69, 9.17) is 0 Å². The van der Waals surface area contributed by atoms with E-state index in [0.717, 1.165) is 35.5 Å². The van der Waals surface area contributed by atoms with Gasteiger partial charge in [-0.1, -0.05) is 55.4 Å². The van der Waals surface area contributed by atoms with Gasteiger partial charge in [0.05, 0.1) is 0 Å². The molecule has 0 amide bonds. The van der Waals surface area contributed by atoms with Gasteiger partial charge < -0.3 is 0 Å². The van der Waals surface area contributed by atoms with Gasteiger partial charge in [-0.3, -0.25) is 0 Å². The van der Waals surface area contributed by atoms with E-state index in [2.05, 4.69) is 55.4 Å². The Kier molecular flexibility index (Phi) is 4.75. The minimum absolute atomic E-state index is 0.571. The van der Waals surface area contributed by atoms with Crippen LogP contribution in [0.15, 0.2) is 0 Å². The Labute approximate surface area is 188 Å². The summed E-state index contributed by atoms with van der Waals surface area (Å²) >= 11 is 0. The molecule has 0 saturated heterocycles. The molecule has 0 heteroatoms. The largest absolute Gasteiger partial charge is 0.0625 e. The maximum atomic E-state index is 2.81. The van der Waals surface area contributed by atoms with Crippen LogP contribution in [0.3, 0.4) is 0 Å². The van der Waals surface area contributed by atoms with Crippen molar-refractivity contribution in [1.29, 1.82) is 0 Å². The van der Waals surface area contributed by atoms with Crippen LogP contribution in [0.25, 0.3) is 0 Å². The Morgan fingerprint density at radius 3 is 1.73 bits per heavy atom. The van der Waals surface area contributed by atoms with Gasteiger partial charge in [0, 0.05) is 0 Å². The van der Waals surface area contributed by atoms with E-state index < -0.39 is 0 Å². The molecule has 0 radical (unpaired) electrons. The van der Waals surface area contributed by atoms with Crippen LogP contribution in [0.2, 0.25) is 0 Å². The monoisotopic (exact) mass is 412 g/mol. The van der Waals surface area contributed by atoms with Crippen LogP contribution in [0, 0.1) is 62.6 Å². The van der Waals surface area contributed by atoms with Crippen molar-refractivity contribution in [2.24, 2.45) is 62.6 Å². The number of hydrogen-bond donors (Lipinski definition) is 0. The normalized spacial score (nSPS) is 57.3. The van der Waals surface area contributed by atoms with Crippen LogP contribution in [-0.4, -0.2) is 0 Å². The lowest BCUT2D eigenvalue weighted by Gasteiger charge is -2.71. The zero-order valence-electron chi connectivity index (χ0n) is 21.7. The van der Waals surface area contributed by atoms with Crippen molar-refractivity contribution in [3.8, 4) is 0 Å². The van der Waals surface area contributed by atoms with Crippen LogP contribution in [0.5, 0.6) is 0 Å². The second-order valence-electron chi connectivity index (χ2n) is 15.3. The van der Waals surface area contributed by atoms with Gasteiger partial charge in [0.15, 0.2) is 0 Å². The lowest BCUT2D eigenvalue weighted by atomic mass is 9.34. The minimum atomic E-state index is 0.571. The molecule has 0 aromatic heterocycles. The molecule has 0 nitrogen and oxygen atoms in total. The Bertz CT molecular complexity index is 688. The summed E-state index contributed by atoms with van der Waals surface area (Å²) in [6.07, 6.45) is 16.7. The first-order valence-electron chi connectivity index (χ1n) is 13.9. The molecule has 5 aliphatic rings. The topological polar surface area (TPSA) is 0 Å². The first kappa shape index (κ1) is 21.8. The van der Waals surface area contributed by atoms with Gasteiger partial charge in [-0.25, -0.2) is 0 Å². The molecule has 9 atom stereocenters. The first-order valence-corrected chi connectivity index (χ1v) is 13.9. The van der Waals surface area contributed by atoms with Crippen molar-refractivity contribution in [1.82, 2.24) is 0 Å². The fraction of sp³-hybridized carbons (Fsp3) is 1.00. The Balaban J connectivity index is 1.49. The zero-order chi connectivity index (χ0) is 21.7. The molecule has 5 fully saturated rings. The molecule has 5 rings (SSSR count). The summed E-state index contributed by atoms with van der Waals surface area (Å²) in [5.41, 5.74) is 3.03. The third-order valence-corrected chi connectivity index (χ3v) is 13.4. The van der Waals surface area contributed by atoms with Gasteiger partial charge in [-0.15, -0.1) is 0 Å². The Morgan fingerprint density at radius 1 is 0.567 bits per heavy atom. The third kappa shape index (κ3) is 2.70. The van der Waals surface area contributed by atoms with Gasteiger partial charge in [0.1, 0.15) is 0 Å². The van der Waals surface area contributed by atoms with Crippen LogP contribution in [-0.2, 0) is 0 Å². The molecule has 172 valence electrons. The number of hydrogen-bond acceptors (Lipinski definition) is 0. The van der Waals surface area contributed by atoms with E-state index in [1.807, 2.05) is 0 Å². The number of rotatable bonds is 1. The maximum Gasteiger partial charge on any atom is -0.0238 e. The standard InChI is InChI=1S/C30H52/c1-20(2)21-9-10-22-23-11-12-24-25-19-26(3,4)13-14-27(25,5)15-17-29(24,7)30(23,8)18-16-28(21,22)6/h20-25H,9-19H2,1-8H3/t21-,22+,23-,24-,25+,27-,28-,29-,30-/m1/s1. The van der Waals surface area contributed by atoms with Crippen molar-refractivity contribution in [2.45, 2.75) is 126 Å². The van der Waals surface area contributed by atoms with E-state index in [-0.39, 0.29) is 0 Å². The molecule has 5 saturated carbocycles. The quantitative estimate of drug-likeness (QED) is 0.402. The van der Waals surface area contributed by atoms with Crippen molar-refractivity contribution in [3.63, 3.8) is 0 Å². The second-order valence-corrected chi connectivity index (χ2v) is 15.3. The average molecular weight is 413 g/mol. The van der Waals surface area contributed by atoms with Crippen LogP contribution >= 0.6 is 0 Å². The summed E-state index contributed by atoms with van der Waals surface area (Å²) in [4.78, 5) is 0. The average Bonchev–Trinajstić information content (AvgIpc) is 3.01.